The summed E-state index contributed by atoms with van der Waals surface area (Å²) in [5.41, 5.74) is 0. The van der Waals surface area contributed by atoms with E-state index >= 15 is 0 Å². The second-order valence-corrected chi connectivity index (χ2v) is 3.52. The zero-order valence-corrected chi connectivity index (χ0v) is 6.93. The Hall–Kier alpha value is 0.200. The molecule has 1 fully saturated rings. The van der Waals surface area contributed by atoms with Crippen molar-refractivity contribution in [1.82, 2.24) is 4.90 Å². The van der Waals surface area contributed by atoms with Gasteiger partial charge in [0.05, 0.1) is 0 Å². The Morgan fingerprint density at radius 3 is 3.11 bits per heavy atom. The summed E-state index contributed by atoms with van der Waals surface area (Å²) < 4.78 is 5.89. The smallest absolute Gasteiger partial charge is 0.138 e. The standard InChI is InChI=1S/C5H9NOS2/c1-7-4-6-2-3-9-5(6)8/h2-4H2,1H3. The highest BCUT2D eigenvalue weighted by atomic mass is 32.2. The van der Waals surface area contributed by atoms with Gasteiger partial charge in [0.1, 0.15) is 11.1 Å². The molecule has 2 nitrogen and oxygen atoms in total. The number of ether oxygens (including phenoxy) is 1. The van der Waals surface area contributed by atoms with E-state index in [0.29, 0.717) is 6.73 Å². The molecular formula is C5H9NOS2. The van der Waals surface area contributed by atoms with E-state index in [9.17, 15) is 0 Å². The molecule has 0 aromatic rings. The van der Waals surface area contributed by atoms with E-state index in [-0.39, 0.29) is 0 Å². The number of hydrogen-bond donors (Lipinski definition) is 0. The van der Waals surface area contributed by atoms with Gasteiger partial charge in [-0.2, -0.15) is 0 Å². The highest BCUT2D eigenvalue weighted by Crippen LogP contribution is 2.16. The van der Waals surface area contributed by atoms with Gasteiger partial charge in [-0.05, 0) is 0 Å². The first-order valence-corrected chi connectivity index (χ1v) is 4.14. The van der Waals surface area contributed by atoms with Crippen molar-refractivity contribution in [2.75, 3.05) is 26.1 Å². The lowest BCUT2D eigenvalue weighted by molar-refractivity contribution is 0.118. The second kappa shape index (κ2) is 3.39. The van der Waals surface area contributed by atoms with Gasteiger partial charge in [0, 0.05) is 19.4 Å². The molecule has 0 aliphatic carbocycles. The third-order valence-electron chi connectivity index (χ3n) is 1.13. The quantitative estimate of drug-likeness (QED) is 0.561. The fourth-order valence-corrected chi connectivity index (χ4v) is 1.91. The van der Waals surface area contributed by atoms with Gasteiger partial charge in [-0.1, -0.05) is 24.0 Å². The van der Waals surface area contributed by atoms with E-state index < -0.39 is 0 Å². The topological polar surface area (TPSA) is 12.5 Å². The summed E-state index contributed by atoms with van der Waals surface area (Å²) in [7, 11) is 1.69. The van der Waals surface area contributed by atoms with Crippen molar-refractivity contribution < 1.29 is 4.74 Å². The van der Waals surface area contributed by atoms with Crippen LogP contribution in [0.3, 0.4) is 0 Å². The van der Waals surface area contributed by atoms with Gasteiger partial charge >= 0.3 is 0 Å². The van der Waals surface area contributed by atoms with Crippen molar-refractivity contribution in [2.24, 2.45) is 0 Å². The van der Waals surface area contributed by atoms with Gasteiger partial charge in [-0.3, -0.25) is 0 Å². The van der Waals surface area contributed by atoms with Crippen molar-refractivity contribution in [1.29, 1.82) is 0 Å². The van der Waals surface area contributed by atoms with Gasteiger partial charge in [-0.25, -0.2) is 0 Å². The van der Waals surface area contributed by atoms with Crippen LogP contribution in [0.25, 0.3) is 0 Å². The molecule has 1 saturated heterocycles. The van der Waals surface area contributed by atoms with Crippen LogP contribution in [-0.4, -0.2) is 35.4 Å². The lowest BCUT2D eigenvalue weighted by Crippen LogP contribution is -2.24. The maximum atomic E-state index is 5.01. The van der Waals surface area contributed by atoms with E-state index in [1.165, 1.54) is 0 Å². The SMILES string of the molecule is COCN1CCSC1=S. The lowest BCUT2D eigenvalue weighted by Gasteiger charge is -2.13. The maximum absolute atomic E-state index is 5.01. The molecule has 1 aliphatic heterocycles. The molecule has 0 unspecified atom stereocenters. The summed E-state index contributed by atoms with van der Waals surface area (Å²) in [6, 6.07) is 0. The average Bonchev–Trinajstić information content (AvgIpc) is 2.18. The van der Waals surface area contributed by atoms with Crippen LogP contribution in [0, 0.1) is 0 Å². The van der Waals surface area contributed by atoms with Crippen molar-refractivity contribution in [3.8, 4) is 0 Å². The summed E-state index contributed by atoms with van der Waals surface area (Å²) in [6.07, 6.45) is 0. The number of thiocarbonyl (C=S) groups is 1. The summed E-state index contributed by atoms with van der Waals surface area (Å²) in [4.78, 5) is 2.06. The Labute approximate surface area is 64.5 Å². The zero-order chi connectivity index (χ0) is 6.69. The van der Waals surface area contributed by atoms with E-state index in [4.69, 9.17) is 17.0 Å². The van der Waals surface area contributed by atoms with Gasteiger partial charge in [0.25, 0.3) is 0 Å². The molecule has 0 spiro atoms. The predicted molar refractivity (Wildman–Crippen MR) is 43.6 cm³/mol. The summed E-state index contributed by atoms with van der Waals surface area (Å²) in [6.45, 7) is 1.68. The van der Waals surface area contributed by atoms with Crippen molar-refractivity contribution in [3.05, 3.63) is 0 Å². The maximum Gasteiger partial charge on any atom is 0.138 e. The van der Waals surface area contributed by atoms with Crippen molar-refractivity contribution in [2.45, 2.75) is 0 Å². The Morgan fingerprint density at radius 2 is 2.67 bits per heavy atom. The van der Waals surface area contributed by atoms with Crippen LogP contribution in [0.1, 0.15) is 0 Å². The van der Waals surface area contributed by atoms with Gasteiger partial charge in [-0.15, -0.1) is 0 Å². The molecule has 0 radical (unpaired) electrons. The molecule has 0 bridgehead atoms. The highest BCUT2D eigenvalue weighted by Gasteiger charge is 2.15. The van der Waals surface area contributed by atoms with Crippen LogP contribution in [0.5, 0.6) is 0 Å². The number of methoxy groups -OCH3 is 1. The molecule has 0 aromatic heterocycles. The molecule has 0 saturated carbocycles. The Morgan fingerprint density at radius 1 is 1.89 bits per heavy atom. The normalized spacial score (nSPS) is 19.2. The van der Waals surface area contributed by atoms with Crippen molar-refractivity contribution >= 4 is 28.3 Å². The van der Waals surface area contributed by atoms with E-state index in [1.54, 1.807) is 18.9 Å². The van der Waals surface area contributed by atoms with E-state index in [0.717, 1.165) is 16.6 Å². The van der Waals surface area contributed by atoms with Crippen LogP contribution >= 0.6 is 24.0 Å². The molecule has 1 aliphatic rings. The Balaban J connectivity index is 2.31. The van der Waals surface area contributed by atoms with Crippen LogP contribution in [-0.2, 0) is 4.74 Å². The van der Waals surface area contributed by atoms with Gasteiger partial charge < -0.3 is 9.64 Å². The van der Waals surface area contributed by atoms with Crippen LogP contribution < -0.4 is 0 Å². The Kier molecular flexibility index (Phi) is 2.75. The number of rotatable bonds is 2. The largest absolute Gasteiger partial charge is 0.364 e. The van der Waals surface area contributed by atoms with Crippen LogP contribution in [0.4, 0.5) is 0 Å². The van der Waals surface area contributed by atoms with Gasteiger partial charge in [0.15, 0.2) is 0 Å². The minimum absolute atomic E-state index is 0.645. The van der Waals surface area contributed by atoms with Crippen molar-refractivity contribution in [3.63, 3.8) is 0 Å². The second-order valence-electron chi connectivity index (χ2n) is 1.80. The molecule has 4 heteroatoms. The first-order valence-electron chi connectivity index (χ1n) is 2.75. The van der Waals surface area contributed by atoms with Crippen LogP contribution in [0.2, 0.25) is 0 Å². The van der Waals surface area contributed by atoms with E-state index in [2.05, 4.69) is 4.90 Å². The van der Waals surface area contributed by atoms with Crippen LogP contribution in [0.15, 0.2) is 0 Å². The molecule has 52 valence electrons. The first-order chi connectivity index (χ1) is 4.34. The average molecular weight is 163 g/mol. The fourth-order valence-electron chi connectivity index (χ4n) is 0.699. The summed E-state index contributed by atoms with van der Waals surface area (Å²) in [5, 5.41) is 0. The highest BCUT2D eigenvalue weighted by molar-refractivity contribution is 8.23. The molecule has 0 N–H and O–H groups in total. The lowest BCUT2D eigenvalue weighted by atomic mass is 10.7. The van der Waals surface area contributed by atoms with E-state index in [1.807, 2.05) is 0 Å². The summed E-state index contributed by atoms with van der Waals surface area (Å²) >= 11 is 6.74. The first kappa shape index (κ1) is 7.31. The molecule has 0 amide bonds. The zero-order valence-electron chi connectivity index (χ0n) is 5.29. The fraction of sp³-hybridized carbons (Fsp3) is 0.800. The molecular weight excluding hydrogens is 154 g/mol. The minimum atomic E-state index is 0.645. The third-order valence-corrected chi connectivity index (χ3v) is 2.63. The summed E-state index contributed by atoms with van der Waals surface area (Å²) in [5.74, 6) is 1.11. The predicted octanol–water partition coefficient (Wildman–Crippen LogP) is 0.924. The molecule has 0 atom stereocenters. The monoisotopic (exact) mass is 163 g/mol. The Bertz CT molecular complexity index is 118. The molecule has 9 heavy (non-hydrogen) atoms. The molecule has 1 heterocycles. The number of thioether (sulfide) groups is 1. The molecule has 1 rings (SSSR count). The molecule has 0 aromatic carbocycles. The number of hydrogen-bond acceptors (Lipinski definition) is 3. The minimum Gasteiger partial charge on any atom is -0.364 e. The number of nitrogens with zero attached hydrogens (tertiary/aromatic N) is 1. The third kappa shape index (κ3) is 1.81. The van der Waals surface area contributed by atoms with Gasteiger partial charge in [0.2, 0.25) is 0 Å².